The van der Waals surface area contributed by atoms with Crippen LogP contribution in [-0.4, -0.2) is 31.1 Å². The van der Waals surface area contributed by atoms with E-state index in [2.05, 4.69) is 30.1 Å². The smallest absolute Gasteiger partial charge is 0.126 e. The minimum Gasteiger partial charge on any atom is -0.317 e. The highest BCUT2D eigenvalue weighted by Gasteiger charge is 2.23. The zero-order chi connectivity index (χ0) is 14.5. The Balaban J connectivity index is 1.91. The minimum atomic E-state index is -0.0867. The first-order valence-electron chi connectivity index (χ1n) is 7.82. The van der Waals surface area contributed by atoms with Crippen LogP contribution in [0, 0.1) is 18.7 Å². The molecule has 1 aliphatic rings. The molecule has 0 radical (unpaired) electrons. The summed E-state index contributed by atoms with van der Waals surface area (Å²) in [5.74, 6) is 0.713. The predicted octanol–water partition coefficient (Wildman–Crippen LogP) is 3.52. The molecule has 1 unspecified atom stereocenters. The van der Waals surface area contributed by atoms with Crippen LogP contribution in [0.5, 0.6) is 0 Å². The molecule has 0 amide bonds. The average molecular weight is 278 g/mol. The molecular formula is C17H27FN2. The topological polar surface area (TPSA) is 15.3 Å². The van der Waals surface area contributed by atoms with Crippen molar-refractivity contribution in [1.82, 2.24) is 10.2 Å². The Morgan fingerprint density at radius 1 is 1.35 bits per heavy atom. The SMILES string of the molecule is CCNCC1CCN(C(C)c2ccc(C)c(F)c2)CC1. The van der Waals surface area contributed by atoms with Crippen LogP contribution in [0.3, 0.4) is 0 Å². The van der Waals surface area contributed by atoms with Crippen molar-refractivity contribution in [3.8, 4) is 0 Å². The third-order valence-corrected chi connectivity index (χ3v) is 4.56. The number of halogens is 1. The number of piperidine rings is 1. The largest absolute Gasteiger partial charge is 0.317 e. The molecule has 1 fully saturated rings. The molecule has 20 heavy (non-hydrogen) atoms. The highest BCUT2D eigenvalue weighted by molar-refractivity contribution is 5.25. The van der Waals surface area contributed by atoms with Crippen LogP contribution < -0.4 is 5.32 Å². The Kier molecular flexibility index (Phi) is 5.55. The molecule has 3 heteroatoms. The normalized spacial score (nSPS) is 19.2. The molecule has 2 rings (SSSR count). The fourth-order valence-corrected chi connectivity index (χ4v) is 2.97. The number of likely N-dealkylation sites (tertiary alicyclic amines) is 1. The number of nitrogens with one attached hydrogen (secondary N) is 1. The van der Waals surface area contributed by atoms with Crippen molar-refractivity contribution in [2.24, 2.45) is 5.92 Å². The van der Waals surface area contributed by atoms with Crippen molar-refractivity contribution in [2.75, 3.05) is 26.2 Å². The van der Waals surface area contributed by atoms with Crippen molar-refractivity contribution in [3.05, 3.63) is 35.1 Å². The monoisotopic (exact) mass is 278 g/mol. The summed E-state index contributed by atoms with van der Waals surface area (Å²) in [5, 5.41) is 3.44. The van der Waals surface area contributed by atoms with Crippen LogP contribution in [0.15, 0.2) is 18.2 Å². The van der Waals surface area contributed by atoms with E-state index in [1.165, 1.54) is 12.8 Å². The van der Waals surface area contributed by atoms with E-state index in [4.69, 9.17) is 0 Å². The summed E-state index contributed by atoms with van der Waals surface area (Å²) in [6.07, 6.45) is 2.48. The first kappa shape index (κ1) is 15.5. The van der Waals surface area contributed by atoms with Gasteiger partial charge in [-0.25, -0.2) is 4.39 Å². The van der Waals surface area contributed by atoms with Gasteiger partial charge in [-0.2, -0.15) is 0 Å². The van der Waals surface area contributed by atoms with Gasteiger partial charge in [-0.3, -0.25) is 4.90 Å². The molecule has 2 nitrogen and oxygen atoms in total. The number of hydrogen-bond acceptors (Lipinski definition) is 2. The molecule has 0 bridgehead atoms. The lowest BCUT2D eigenvalue weighted by Crippen LogP contribution is -2.38. The first-order valence-corrected chi connectivity index (χ1v) is 7.82. The van der Waals surface area contributed by atoms with E-state index in [0.29, 0.717) is 6.04 Å². The molecule has 1 aromatic rings. The van der Waals surface area contributed by atoms with Crippen molar-refractivity contribution >= 4 is 0 Å². The van der Waals surface area contributed by atoms with Gasteiger partial charge in [0.2, 0.25) is 0 Å². The second-order valence-electron chi connectivity index (χ2n) is 5.97. The van der Waals surface area contributed by atoms with Crippen molar-refractivity contribution in [2.45, 2.75) is 39.7 Å². The Morgan fingerprint density at radius 3 is 2.65 bits per heavy atom. The van der Waals surface area contributed by atoms with Crippen LogP contribution in [0.25, 0.3) is 0 Å². The highest BCUT2D eigenvalue weighted by Crippen LogP contribution is 2.27. The maximum absolute atomic E-state index is 13.7. The van der Waals surface area contributed by atoms with Gasteiger partial charge in [0.1, 0.15) is 5.82 Å². The number of hydrogen-bond donors (Lipinski definition) is 1. The molecule has 1 N–H and O–H groups in total. The summed E-state index contributed by atoms with van der Waals surface area (Å²) in [6, 6.07) is 5.96. The molecule has 0 aromatic heterocycles. The molecule has 1 aliphatic heterocycles. The molecule has 0 aliphatic carbocycles. The maximum Gasteiger partial charge on any atom is 0.126 e. The maximum atomic E-state index is 13.7. The molecule has 1 heterocycles. The van der Waals surface area contributed by atoms with Crippen LogP contribution in [0.4, 0.5) is 4.39 Å². The van der Waals surface area contributed by atoms with E-state index in [1.54, 1.807) is 6.07 Å². The van der Waals surface area contributed by atoms with Gasteiger partial charge in [0, 0.05) is 6.04 Å². The highest BCUT2D eigenvalue weighted by atomic mass is 19.1. The summed E-state index contributed by atoms with van der Waals surface area (Å²) in [5.41, 5.74) is 1.82. The minimum absolute atomic E-state index is 0.0867. The summed E-state index contributed by atoms with van der Waals surface area (Å²) < 4.78 is 13.7. The lowest BCUT2D eigenvalue weighted by molar-refractivity contribution is 0.140. The van der Waals surface area contributed by atoms with Crippen LogP contribution in [-0.2, 0) is 0 Å². The second-order valence-corrected chi connectivity index (χ2v) is 5.97. The molecule has 0 saturated carbocycles. The predicted molar refractivity (Wildman–Crippen MR) is 82.4 cm³/mol. The van der Waals surface area contributed by atoms with Gasteiger partial charge < -0.3 is 5.32 Å². The number of benzene rings is 1. The van der Waals surface area contributed by atoms with Gasteiger partial charge >= 0.3 is 0 Å². The fourth-order valence-electron chi connectivity index (χ4n) is 2.97. The second kappa shape index (κ2) is 7.19. The summed E-state index contributed by atoms with van der Waals surface area (Å²) in [7, 11) is 0. The summed E-state index contributed by atoms with van der Waals surface area (Å²) >= 11 is 0. The van der Waals surface area contributed by atoms with Crippen LogP contribution in [0.1, 0.15) is 43.9 Å². The Morgan fingerprint density at radius 2 is 2.05 bits per heavy atom. The van der Waals surface area contributed by atoms with Gasteiger partial charge in [-0.1, -0.05) is 19.1 Å². The van der Waals surface area contributed by atoms with E-state index in [-0.39, 0.29) is 5.82 Å². The Bertz CT molecular complexity index is 425. The van der Waals surface area contributed by atoms with E-state index < -0.39 is 0 Å². The van der Waals surface area contributed by atoms with Gasteiger partial charge in [0.15, 0.2) is 0 Å². The van der Waals surface area contributed by atoms with Gasteiger partial charge in [-0.05, 0) is 76.0 Å². The summed E-state index contributed by atoms with van der Waals surface area (Å²) in [4.78, 5) is 2.48. The molecule has 1 aromatic carbocycles. The number of aryl methyl sites for hydroxylation is 1. The molecular weight excluding hydrogens is 251 g/mol. The zero-order valence-electron chi connectivity index (χ0n) is 13.0. The van der Waals surface area contributed by atoms with E-state index in [0.717, 1.165) is 43.2 Å². The standard InChI is InChI=1S/C17H27FN2/c1-4-19-12-15-7-9-20(10-8-15)14(3)16-6-5-13(2)17(18)11-16/h5-6,11,14-15,19H,4,7-10,12H2,1-3H3. The Labute approximate surface area is 122 Å². The fraction of sp³-hybridized carbons (Fsp3) is 0.647. The van der Waals surface area contributed by atoms with Crippen molar-refractivity contribution in [1.29, 1.82) is 0 Å². The van der Waals surface area contributed by atoms with E-state index in [9.17, 15) is 4.39 Å². The summed E-state index contributed by atoms with van der Waals surface area (Å²) in [6.45, 7) is 10.6. The molecule has 0 spiro atoms. The number of nitrogens with zero attached hydrogens (tertiary/aromatic N) is 1. The molecule has 1 saturated heterocycles. The lowest BCUT2D eigenvalue weighted by Gasteiger charge is -2.36. The van der Waals surface area contributed by atoms with Crippen molar-refractivity contribution in [3.63, 3.8) is 0 Å². The first-order chi connectivity index (χ1) is 9.61. The van der Waals surface area contributed by atoms with Crippen LogP contribution >= 0.6 is 0 Å². The van der Waals surface area contributed by atoms with Gasteiger partial charge in [-0.15, -0.1) is 0 Å². The van der Waals surface area contributed by atoms with Gasteiger partial charge in [0.05, 0.1) is 0 Å². The van der Waals surface area contributed by atoms with E-state index >= 15 is 0 Å². The number of rotatable bonds is 5. The lowest BCUT2D eigenvalue weighted by atomic mass is 9.94. The quantitative estimate of drug-likeness (QED) is 0.886. The molecule has 1 atom stereocenters. The van der Waals surface area contributed by atoms with Crippen molar-refractivity contribution < 1.29 is 4.39 Å². The van der Waals surface area contributed by atoms with Gasteiger partial charge in [0.25, 0.3) is 0 Å². The van der Waals surface area contributed by atoms with E-state index in [1.807, 2.05) is 13.0 Å². The van der Waals surface area contributed by atoms with Crippen LogP contribution in [0.2, 0.25) is 0 Å². The third kappa shape index (κ3) is 3.80. The molecule has 112 valence electrons. The Hall–Kier alpha value is -0.930. The average Bonchev–Trinajstić information content (AvgIpc) is 2.48. The third-order valence-electron chi connectivity index (χ3n) is 4.56. The zero-order valence-corrected chi connectivity index (χ0v) is 13.0.